The molecule has 0 radical (unpaired) electrons. The van der Waals surface area contributed by atoms with E-state index < -0.39 is 0 Å². The van der Waals surface area contributed by atoms with E-state index in [1.54, 1.807) is 0 Å². The van der Waals surface area contributed by atoms with Gasteiger partial charge in [0.25, 0.3) is 0 Å². The first-order valence-corrected chi connectivity index (χ1v) is 5.58. The molecule has 16 heavy (non-hydrogen) atoms. The average molecular weight is 215 g/mol. The number of H-pyrrole nitrogens is 1. The molecule has 0 spiro atoms. The first-order chi connectivity index (χ1) is 7.81. The molecule has 3 nitrogen and oxygen atoms in total. The van der Waals surface area contributed by atoms with Gasteiger partial charge in [0, 0.05) is 13.6 Å². The van der Waals surface area contributed by atoms with Crippen molar-refractivity contribution in [3.05, 3.63) is 36.9 Å². The van der Waals surface area contributed by atoms with Gasteiger partial charge in [0.15, 0.2) is 0 Å². The summed E-state index contributed by atoms with van der Waals surface area (Å²) in [6, 6.07) is 8.09. The fourth-order valence-corrected chi connectivity index (χ4v) is 1.70. The maximum absolute atomic E-state index is 4.54. The Morgan fingerprint density at radius 3 is 3.00 bits per heavy atom. The summed E-state index contributed by atoms with van der Waals surface area (Å²) >= 11 is 0. The Bertz CT molecular complexity index is 440. The zero-order valence-electron chi connectivity index (χ0n) is 9.61. The zero-order chi connectivity index (χ0) is 11.4. The third kappa shape index (κ3) is 2.24. The molecule has 1 aromatic carbocycles. The van der Waals surface area contributed by atoms with Gasteiger partial charge < -0.3 is 9.88 Å². The van der Waals surface area contributed by atoms with Crippen molar-refractivity contribution in [3.63, 3.8) is 0 Å². The van der Waals surface area contributed by atoms with Gasteiger partial charge in [-0.1, -0.05) is 18.2 Å². The van der Waals surface area contributed by atoms with Crippen molar-refractivity contribution in [2.24, 2.45) is 0 Å². The first kappa shape index (κ1) is 10.7. The van der Waals surface area contributed by atoms with Crippen molar-refractivity contribution in [2.45, 2.75) is 12.8 Å². The fourth-order valence-electron chi connectivity index (χ4n) is 1.70. The first-order valence-electron chi connectivity index (χ1n) is 5.58. The minimum Gasteiger partial charge on any atom is -0.345 e. The summed E-state index contributed by atoms with van der Waals surface area (Å²) in [4.78, 5) is 9.99. The van der Waals surface area contributed by atoms with Crippen LogP contribution in [0.25, 0.3) is 11.0 Å². The molecule has 0 aliphatic heterocycles. The van der Waals surface area contributed by atoms with Crippen LogP contribution in [0.15, 0.2) is 36.9 Å². The quantitative estimate of drug-likeness (QED) is 0.614. The third-order valence-corrected chi connectivity index (χ3v) is 2.64. The number of unbranched alkanes of at least 4 members (excludes halogenated alkanes) is 1. The molecule has 0 aliphatic rings. The van der Waals surface area contributed by atoms with Crippen LogP contribution in [0.5, 0.6) is 0 Å². The summed E-state index contributed by atoms with van der Waals surface area (Å²) < 4.78 is 0. The van der Waals surface area contributed by atoms with Crippen LogP contribution in [0.4, 0.5) is 5.95 Å². The van der Waals surface area contributed by atoms with Crippen molar-refractivity contribution >= 4 is 17.0 Å². The van der Waals surface area contributed by atoms with Crippen LogP contribution in [0.2, 0.25) is 0 Å². The van der Waals surface area contributed by atoms with Crippen molar-refractivity contribution in [3.8, 4) is 0 Å². The van der Waals surface area contributed by atoms with Gasteiger partial charge in [-0.25, -0.2) is 4.98 Å². The number of aromatic amines is 1. The fraction of sp³-hybridized carbons (Fsp3) is 0.308. The number of hydrogen-bond donors (Lipinski definition) is 1. The van der Waals surface area contributed by atoms with Crippen molar-refractivity contribution in [1.82, 2.24) is 9.97 Å². The van der Waals surface area contributed by atoms with Gasteiger partial charge in [0.2, 0.25) is 5.95 Å². The molecule has 1 aromatic heterocycles. The Kier molecular flexibility index (Phi) is 3.25. The summed E-state index contributed by atoms with van der Waals surface area (Å²) in [6.45, 7) is 4.71. The molecule has 1 N–H and O–H groups in total. The molecular weight excluding hydrogens is 198 g/mol. The van der Waals surface area contributed by atoms with Crippen LogP contribution in [0.3, 0.4) is 0 Å². The normalized spacial score (nSPS) is 10.6. The number of allylic oxidation sites excluding steroid dienone is 1. The second kappa shape index (κ2) is 4.84. The van der Waals surface area contributed by atoms with E-state index in [-0.39, 0.29) is 0 Å². The average Bonchev–Trinajstić information content (AvgIpc) is 2.73. The van der Waals surface area contributed by atoms with Crippen molar-refractivity contribution < 1.29 is 0 Å². The molecule has 3 heteroatoms. The molecule has 0 saturated heterocycles. The molecule has 0 aliphatic carbocycles. The minimum absolute atomic E-state index is 0.935. The monoisotopic (exact) mass is 215 g/mol. The Labute approximate surface area is 95.8 Å². The third-order valence-electron chi connectivity index (χ3n) is 2.64. The number of aromatic nitrogens is 2. The summed E-state index contributed by atoms with van der Waals surface area (Å²) in [5.74, 6) is 0.935. The van der Waals surface area contributed by atoms with Crippen LogP contribution in [-0.4, -0.2) is 23.6 Å². The highest BCUT2D eigenvalue weighted by Crippen LogP contribution is 2.16. The summed E-state index contributed by atoms with van der Waals surface area (Å²) in [7, 11) is 2.06. The Balaban J connectivity index is 2.10. The second-order valence-corrected chi connectivity index (χ2v) is 3.93. The number of nitrogens with zero attached hydrogens (tertiary/aromatic N) is 2. The van der Waals surface area contributed by atoms with E-state index in [0.29, 0.717) is 0 Å². The minimum atomic E-state index is 0.935. The molecule has 0 fully saturated rings. The molecule has 0 atom stereocenters. The van der Waals surface area contributed by atoms with E-state index in [9.17, 15) is 0 Å². The van der Waals surface area contributed by atoms with Gasteiger partial charge in [-0.15, -0.1) is 6.58 Å². The maximum Gasteiger partial charge on any atom is 0.203 e. The van der Waals surface area contributed by atoms with Crippen LogP contribution in [-0.2, 0) is 0 Å². The maximum atomic E-state index is 4.54. The van der Waals surface area contributed by atoms with E-state index >= 15 is 0 Å². The van der Waals surface area contributed by atoms with E-state index in [1.165, 1.54) is 0 Å². The smallest absolute Gasteiger partial charge is 0.203 e. The number of hydrogen-bond acceptors (Lipinski definition) is 2. The lowest BCUT2D eigenvalue weighted by Crippen LogP contribution is -2.19. The topological polar surface area (TPSA) is 31.9 Å². The van der Waals surface area contributed by atoms with Crippen molar-refractivity contribution in [1.29, 1.82) is 0 Å². The summed E-state index contributed by atoms with van der Waals surface area (Å²) in [5, 5.41) is 0. The Morgan fingerprint density at radius 1 is 1.44 bits per heavy atom. The Hall–Kier alpha value is -1.77. The summed E-state index contributed by atoms with van der Waals surface area (Å²) in [5.41, 5.74) is 2.11. The predicted octanol–water partition coefficient (Wildman–Crippen LogP) is 2.97. The SMILES string of the molecule is C=CCCCN(C)c1nc2ccccc2[nH]1. The van der Waals surface area contributed by atoms with Crippen LogP contribution in [0, 0.1) is 0 Å². The lowest BCUT2D eigenvalue weighted by molar-refractivity contribution is 0.786. The van der Waals surface area contributed by atoms with Gasteiger partial charge in [-0.2, -0.15) is 0 Å². The molecule has 2 rings (SSSR count). The molecule has 0 unspecified atom stereocenters. The highest BCUT2D eigenvalue weighted by Gasteiger charge is 2.05. The number of imidazole rings is 1. The van der Waals surface area contributed by atoms with E-state index in [0.717, 1.165) is 36.4 Å². The molecule has 0 bridgehead atoms. The highest BCUT2D eigenvalue weighted by atomic mass is 15.2. The highest BCUT2D eigenvalue weighted by molar-refractivity contribution is 5.77. The standard InChI is InChI=1S/C13H17N3/c1-3-4-7-10-16(2)13-14-11-8-5-6-9-12(11)15-13/h3,5-6,8-9H,1,4,7,10H2,2H3,(H,14,15). The van der Waals surface area contributed by atoms with E-state index in [4.69, 9.17) is 0 Å². The van der Waals surface area contributed by atoms with Crippen molar-refractivity contribution in [2.75, 3.05) is 18.5 Å². The number of para-hydroxylation sites is 2. The van der Waals surface area contributed by atoms with E-state index in [2.05, 4.69) is 28.5 Å². The molecule has 0 amide bonds. The predicted molar refractivity (Wildman–Crippen MR) is 68.8 cm³/mol. The number of anilines is 1. The van der Waals surface area contributed by atoms with Crippen LogP contribution < -0.4 is 4.90 Å². The van der Waals surface area contributed by atoms with Gasteiger partial charge in [-0.05, 0) is 25.0 Å². The van der Waals surface area contributed by atoms with Gasteiger partial charge in [0.05, 0.1) is 11.0 Å². The molecule has 1 heterocycles. The van der Waals surface area contributed by atoms with E-state index in [1.807, 2.05) is 30.3 Å². The number of fused-ring (bicyclic) bond motifs is 1. The molecule has 0 saturated carbocycles. The number of benzene rings is 1. The molecular formula is C13H17N3. The van der Waals surface area contributed by atoms with Crippen LogP contribution in [0.1, 0.15) is 12.8 Å². The molecule has 2 aromatic rings. The Morgan fingerprint density at radius 2 is 2.25 bits per heavy atom. The van der Waals surface area contributed by atoms with Gasteiger partial charge >= 0.3 is 0 Å². The lowest BCUT2D eigenvalue weighted by Gasteiger charge is -2.14. The largest absolute Gasteiger partial charge is 0.345 e. The second-order valence-electron chi connectivity index (χ2n) is 3.93. The summed E-state index contributed by atoms with van der Waals surface area (Å²) in [6.07, 6.45) is 4.11. The molecule has 84 valence electrons. The number of rotatable bonds is 5. The van der Waals surface area contributed by atoms with Gasteiger partial charge in [-0.3, -0.25) is 0 Å². The number of nitrogens with one attached hydrogen (secondary N) is 1. The van der Waals surface area contributed by atoms with Gasteiger partial charge in [0.1, 0.15) is 0 Å². The lowest BCUT2D eigenvalue weighted by atomic mass is 10.3. The van der Waals surface area contributed by atoms with Crippen LogP contribution >= 0.6 is 0 Å². The zero-order valence-corrected chi connectivity index (χ0v) is 9.61.